The molecule has 0 aromatic heterocycles. The first-order valence-corrected chi connectivity index (χ1v) is 33.3. The van der Waals surface area contributed by atoms with Gasteiger partial charge in [0, 0.05) is 0 Å². The van der Waals surface area contributed by atoms with Crippen molar-refractivity contribution in [3.63, 3.8) is 0 Å². The second kappa shape index (κ2) is 19.3. The molecule has 428 valence electrons. The second-order valence-electron chi connectivity index (χ2n) is 27.0. The minimum Gasteiger partial charge on any atom is -0.0836 e. The van der Waals surface area contributed by atoms with Crippen molar-refractivity contribution in [2.75, 3.05) is 0 Å². The zero-order valence-electron chi connectivity index (χ0n) is 51.0. The van der Waals surface area contributed by atoms with Gasteiger partial charge in [0.25, 0.3) is 0 Å². The minimum atomic E-state index is 0.204. The van der Waals surface area contributed by atoms with E-state index in [-0.39, 0.29) is 11.8 Å². The van der Waals surface area contributed by atoms with Crippen LogP contribution in [0.5, 0.6) is 0 Å². The van der Waals surface area contributed by atoms with Gasteiger partial charge in [0.1, 0.15) is 0 Å². The molecule has 0 saturated heterocycles. The number of allylic oxidation sites excluding steroid dienone is 2. The van der Waals surface area contributed by atoms with Gasteiger partial charge in [-0.15, -0.1) is 0 Å². The topological polar surface area (TPSA) is 0 Å². The molecule has 17 aromatic rings. The summed E-state index contributed by atoms with van der Waals surface area (Å²) in [6, 6.07) is 97.4. The molecule has 0 aliphatic heterocycles. The van der Waals surface area contributed by atoms with Gasteiger partial charge in [0.2, 0.25) is 0 Å². The van der Waals surface area contributed by atoms with Crippen molar-refractivity contribution in [3.8, 4) is 44.5 Å². The Balaban J connectivity index is 0.913. The SMILES string of the molecule is C1=Cc2c(ccc3c2cc(-c2cc4cc(-c5cc6c7c(ccc6c6ccccc56)C=CCC7)cc5c6cc(-c7cc8c9ccccc9ccc8c8ccccc78)cc7c6c(c(c2)c45)CC(C2Cc4c(ccc5ccccc45)-c4ccccc42)C=7)c2ccccc23)CC1. The number of rotatable bonds is 4. The van der Waals surface area contributed by atoms with Crippen LogP contribution >= 0.6 is 0 Å². The quantitative estimate of drug-likeness (QED) is 0.122. The molecule has 4 aliphatic carbocycles. The van der Waals surface area contributed by atoms with E-state index in [1.54, 1.807) is 0 Å². The van der Waals surface area contributed by atoms with Crippen molar-refractivity contribution in [3.05, 3.63) is 305 Å². The van der Waals surface area contributed by atoms with E-state index in [1.165, 1.54) is 207 Å². The molecular weight excluding hydrogens is 1110 g/mol. The molecule has 0 saturated carbocycles. The van der Waals surface area contributed by atoms with Crippen LogP contribution in [0.2, 0.25) is 0 Å². The van der Waals surface area contributed by atoms with Crippen LogP contribution < -0.4 is 5.22 Å². The molecule has 2 atom stereocenters. The van der Waals surface area contributed by atoms with Crippen LogP contribution in [0.1, 0.15) is 57.7 Å². The van der Waals surface area contributed by atoms with E-state index in [2.05, 4.69) is 279 Å². The average Bonchev–Trinajstić information content (AvgIpc) is 0.706. The summed E-state index contributed by atoms with van der Waals surface area (Å²) in [5, 5.41) is 30.4. The molecule has 0 bridgehead atoms. The van der Waals surface area contributed by atoms with Gasteiger partial charge in [-0.05, 0) is 312 Å². The van der Waals surface area contributed by atoms with Crippen LogP contribution in [0.25, 0.3) is 181 Å². The minimum absolute atomic E-state index is 0.204. The fourth-order valence-electron chi connectivity index (χ4n) is 18.3. The molecule has 0 fully saturated rings. The largest absolute Gasteiger partial charge is 0.0836 e. The molecule has 2 unspecified atom stereocenters. The summed E-state index contributed by atoms with van der Waals surface area (Å²) in [6.07, 6.45) is 18.4. The fourth-order valence-corrected chi connectivity index (χ4v) is 18.3. The first-order chi connectivity index (χ1) is 45.6. The van der Waals surface area contributed by atoms with Crippen molar-refractivity contribution in [1.82, 2.24) is 0 Å². The molecular formula is C92H60. The smallest absolute Gasteiger partial charge is 0.00287 e. The van der Waals surface area contributed by atoms with Crippen LogP contribution in [-0.4, -0.2) is 0 Å². The maximum atomic E-state index is 2.75. The predicted octanol–water partition coefficient (Wildman–Crippen LogP) is 24.0. The zero-order chi connectivity index (χ0) is 59.9. The van der Waals surface area contributed by atoms with Crippen molar-refractivity contribution >= 4 is 137 Å². The molecule has 0 N–H and O–H groups in total. The van der Waals surface area contributed by atoms with Crippen LogP contribution in [0.4, 0.5) is 0 Å². The van der Waals surface area contributed by atoms with Gasteiger partial charge in [0.15, 0.2) is 0 Å². The van der Waals surface area contributed by atoms with Crippen molar-refractivity contribution in [1.29, 1.82) is 0 Å². The molecule has 0 heterocycles. The molecule has 0 heteroatoms. The second-order valence-corrected chi connectivity index (χ2v) is 27.0. The molecule has 0 nitrogen and oxygen atoms in total. The van der Waals surface area contributed by atoms with E-state index in [9.17, 15) is 0 Å². The molecule has 4 aliphatic rings. The zero-order valence-corrected chi connectivity index (χ0v) is 51.0. The maximum absolute atomic E-state index is 2.75. The lowest BCUT2D eigenvalue weighted by molar-refractivity contribution is 0.521. The summed E-state index contributed by atoms with van der Waals surface area (Å²) in [5.41, 5.74) is 20.4. The lowest BCUT2D eigenvalue weighted by Gasteiger charge is -2.35. The molecule has 17 aromatic carbocycles. The molecule has 0 radical (unpaired) electrons. The monoisotopic (exact) mass is 1160 g/mol. The van der Waals surface area contributed by atoms with E-state index in [1.807, 2.05) is 0 Å². The number of aryl methyl sites for hydroxylation is 2. The van der Waals surface area contributed by atoms with Gasteiger partial charge < -0.3 is 0 Å². The third kappa shape index (κ3) is 7.29. The molecule has 0 spiro atoms. The standard InChI is InChI=1S/C92H60/c1-5-21-63-53(17-1)33-37-75-67-25-9-13-29-71(67)79(49-83(63)75)57-41-61-42-58(80-50-84-64-22-6-2-18-54(64)34-38-76(84)68-26-10-14-30-72(68)80)47-89-90-48-60(82-52-86-66-24-8-4-20-56(66)36-40-78(86)70-28-12-16-32-74(70)82)44-62-43-59(46-88(92(62)90)87(45-57)91(61)89)81-51-85-65-23-7-3-19-55(65)35-39-77(85)69-27-11-15-31-73(69)81/h1-3,5-6,8-19,21-22,24-46,48-49,51-52,58,80H,4,7,20,23,47,50H2. The van der Waals surface area contributed by atoms with E-state index in [0.29, 0.717) is 0 Å². The van der Waals surface area contributed by atoms with Crippen LogP contribution in [0, 0.1) is 5.92 Å². The van der Waals surface area contributed by atoms with Gasteiger partial charge >= 0.3 is 0 Å². The van der Waals surface area contributed by atoms with E-state index < -0.39 is 0 Å². The summed E-state index contributed by atoms with van der Waals surface area (Å²) in [7, 11) is 0. The lowest BCUT2D eigenvalue weighted by Crippen LogP contribution is -2.26. The summed E-state index contributed by atoms with van der Waals surface area (Å²) in [5.74, 6) is 0.453. The van der Waals surface area contributed by atoms with E-state index in [4.69, 9.17) is 0 Å². The highest BCUT2D eigenvalue weighted by Crippen LogP contribution is 2.52. The average molecular weight is 1170 g/mol. The Morgan fingerprint density at radius 1 is 0.283 bits per heavy atom. The highest BCUT2D eigenvalue weighted by Gasteiger charge is 2.34. The predicted molar refractivity (Wildman–Crippen MR) is 395 cm³/mol. The van der Waals surface area contributed by atoms with Gasteiger partial charge in [0.05, 0.1) is 0 Å². The maximum Gasteiger partial charge on any atom is -0.00287 e. The normalized spacial score (nSPS) is 15.8. The molecule has 21 rings (SSSR count). The third-order valence-electron chi connectivity index (χ3n) is 22.4. The Labute approximate surface area is 533 Å². The summed E-state index contributed by atoms with van der Waals surface area (Å²) >= 11 is 0. The summed E-state index contributed by atoms with van der Waals surface area (Å²) < 4.78 is 0. The van der Waals surface area contributed by atoms with Crippen molar-refractivity contribution < 1.29 is 0 Å². The number of benzene rings is 17. The van der Waals surface area contributed by atoms with E-state index >= 15 is 0 Å². The van der Waals surface area contributed by atoms with Crippen LogP contribution in [0.3, 0.4) is 0 Å². The lowest BCUT2D eigenvalue weighted by atomic mass is 9.68. The first-order valence-electron chi connectivity index (χ1n) is 33.3. The summed E-state index contributed by atoms with van der Waals surface area (Å²) in [6.45, 7) is 0. The third-order valence-corrected chi connectivity index (χ3v) is 22.4. The molecule has 92 heavy (non-hydrogen) atoms. The van der Waals surface area contributed by atoms with Gasteiger partial charge in [-0.25, -0.2) is 0 Å². The van der Waals surface area contributed by atoms with Crippen molar-refractivity contribution in [2.24, 2.45) is 5.92 Å². The van der Waals surface area contributed by atoms with E-state index in [0.717, 1.165) is 38.5 Å². The summed E-state index contributed by atoms with van der Waals surface area (Å²) in [4.78, 5) is 0. The Morgan fingerprint density at radius 2 is 0.826 bits per heavy atom. The Hall–Kier alpha value is -10.9. The van der Waals surface area contributed by atoms with Gasteiger partial charge in [-0.2, -0.15) is 0 Å². The highest BCUT2D eigenvalue weighted by atomic mass is 14.4. The van der Waals surface area contributed by atoms with Crippen molar-refractivity contribution in [2.45, 2.75) is 44.4 Å². The van der Waals surface area contributed by atoms with Crippen LogP contribution in [0.15, 0.2) is 261 Å². The number of fused-ring (bicyclic) bond motifs is 22. The first kappa shape index (κ1) is 50.9. The fraction of sp³-hybridized carbons (Fsp3) is 0.0870. The number of hydrogen-bond donors (Lipinski definition) is 0. The Bertz CT molecular complexity index is 6320. The highest BCUT2D eigenvalue weighted by molar-refractivity contribution is 6.29. The Kier molecular flexibility index (Phi) is 10.7. The molecule has 0 amide bonds. The van der Waals surface area contributed by atoms with Gasteiger partial charge in [-0.3, -0.25) is 0 Å². The number of hydrogen-bond acceptors (Lipinski definition) is 0. The van der Waals surface area contributed by atoms with Crippen LogP contribution in [-0.2, 0) is 25.7 Å². The van der Waals surface area contributed by atoms with Gasteiger partial charge in [-0.1, -0.05) is 225 Å². The Morgan fingerprint density at radius 3 is 1.59 bits per heavy atom.